The van der Waals surface area contributed by atoms with E-state index in [4.69, 9.17) is 11.6 Å². The number of benzene rings is 1. The Morgan fingerprint density at radius 2 is 2.00 bits per heavy atom. The molecule has 1 N–H and O–H groups in total. The number of anilines is 1. The maximum atomic E-state index is 11.1. The predicted molar refractivity (Wildman–Crippen MR) is 64.4 cm³/mol. The van der Waals surface area contributed by atoms with Crippen molar-refractivity contribution in [2.45, 2.75) is 32.1 Å². The van der Waals surface area contributed by atoms with Crippen molar-refractivity contribution in [3.63, 3.8) is 0 Å². The van der Waals surface area contributed by atoms with E-state index in [0.717, 1.165) is 12.1 Å². The third kappa shape index (κ3) is 4.34. The first-order valence-corrected chi connectivity index (χ1v) is 5.58. The number of amides is 1. The summed E-state index contributed by atoms with van der Waals surface area (Å²) in [4.78, 5) is 11.1. The van der Waals surface area contributed by atoms with Crippen LogP contribution in [0.15, 0.2) is 24.3 Å². The lowest BCUT2D eigenvalue weighted by Crippen LogP contribution is -2.09. The zero-order chi connectivity index (χ0) is 11.3. The molecule has 0 heterocycles. The maximum absolute atomic E-state index is 11.1. The number of halogens is 1. The molecule has 0 aromatic heterocycles. The molecular weight excluding hydrogens is 210 g/mol. The normalized spacial score (nSPS) is 12.2. The molecule has 0 aliphatic heterocycles. The van der Waals surface area contributed by atoms with E-state index >= 15 is 0 Å². The van der Waals surface area contributed by atoms with Gasteiger partial charge in [-0.1, -0.05) is 19.1 Å². The topological polar surface area (TPSA) is 29.1 Å². The molecule has 1 amide bonds. The van der Waals surface area contributed by atoms with Gasteiger partial charge >= 0.3 is 0 Å². The molecule has 1 rings (SSSR count). The fraction of sp³-hybridized carbons (Fsp3) is 0.417. The number of hydrogen-bond acceptors (Lipinski definition) is 1. The number of nitrogens with one attached hydrogen (secondary N) is 1. The zero-order valence-electron chi connectivity index (χ0n) is 9.09. The first kappa shape index (κ1) is 12.1. The number of rotatable bonds is 4. The Balaban J connectivity index is 2.60. The average molecular weight is 226 g/mol. The molecule has 0 saturated heterocycles. The number of alkyl halides is 1. The second kappa shape index (κ2) is 5.76. The molecule has 0 saturated carbocycles. The monoisotopic (exact) mass is 225 g/mol. The van der Waals surface area contributed by atoms with Gasteiger partial charge < -0.3 is 5.32 Å². The van der Waals surface area contributed by atoms with E-state index in [2.05, 4.69) is 5.32 Å². The second-order valence-corrected chi connectivity index (χ2v) is 4.33. The summed E-state index contributed by atoms with van der Waals surface area (Å²) in [5, 5.41) is 2.94. The summed E-state index contributed by atoms with van der Waals surface area (Å²) in [5.74, 6) is 0.0356. The van der Waals surface area contributed by atoms with E-state index < -0.39 is 0 Å². The third-order valence-corrected chi connectivity index (χ3v) is 2.23. The summed E-state index contributed by atoms with van der Waals surface area (Å²) in [6, 6.07) is 7.79. The molecule has 2 nitrogen and oxygen atoms in total. The van der Waals surface area contributed by atoms with Gasteiger partial charge in [0.25, 0.3) is 0 Å². The highest BCUT2D eigenvalue weighted by molar-refractivity contribution is 6.20. The van der Waals surface area contributed by atoms with Crippen LogP contribution >= 0.6 is 11.6 Å². The Morgan fingerprint density at radius 1 is 1.40 bits per heavy atom. The van der Waals surface area contributed by atoms with Gasteiger partial charge in [0.2, 0.25) is 5.91 Å². The fourth-order valence-corrected chi connectivity index (χ4v) is 1.48. The van der Waals surface area contributed by atoms with Crippen LogP contribution < -0.4 is 5.32 Å². The van der Waals surface area contributed by atoms with Crippen LogP contribution in [0.25, 0.3) is 0 Å². The predicted octanol–water partition coefficient (Wildman–Crippen LogP) is 3.20. The van der Waals surface area contributed by atoms with E-state index in [1.807, 2.05) is 38.1 Å². The lowest BCUT2D eigenvalue weighted by molar-refractivity contribution is -0.115. The summed E-state index contributed by atoms with van der Waals surface area (Å²) in [6.07, 6.45) is 1.35. The first-order chi connectivity index (χ1) is 7.11. The molecule has 0 radical (unpaired) electrons. The average Bonchev–Trinajstić information content (AvgIpc) is 2.20. The Labute approximate surface area is 95.6 Å². The van der Waals surface area contributed by atoms with E-state index in [-0.39, 0.29) is 11.3 Å². The van der Waals surface area contributed by atoms with Crippen molar-refractivity contribution >= 4 is 23.2 Å². The summed E-state index contributed by atoms with van der Waals surface area (Å²) >= 11 is 5.89. The minimum Gasteiger partial charge on any atom is -0.326 e. The molecule has 82 valence electrons. The highest BCUT2D eigenvalue weighted by atomic mass is 35.5. The molecule has 1 atom stereocenters. The van der Waals surface area contributed by atoms with Crippen LogP contribution in [0.3, 0.4) is 0 Å². The molecule has 3 heteroatoms. The summed E-state index contributed by atoms with van der Waals surface area (Å²) in [5.41, 5.74) is 2.03. The first-order valence-electron chi connectivity index (χ1n) is 5.14. The SMILES string of the molecule is CCC(=O)Nc1ccc(CC(C)Cl)cc1. The smallest absolute Gasteiger partial charge is 0.224 e. The van der Waals surface area contributed by atoms with Crippen molar-refractivity contribution in [1.29, 1.82) is 0 Å². The van der Waals surface area contributed by atoms with Crippen LogP contribution in [0.1, 0.15) is 25.8 Å². The highest BCUT2D eigenvalue weighted by Crippen LogP contribution is 2.13. The molecule has 0 aliphatic rings. The molecule has 0 aliphatic carbocycles. The van der Waals surface area contributed by atoms with Crippen molar-refractivity contribution in [3.05, 3.63) is 29.8 Å². The Morgan fingerprint density at radius 3 is 2.47 bits per heavy atom. The van der Waals surface area contributed by atoms with Crippen LogP contribution in [0.2, 0.25) is 0 Å². The summed E-state index contributed by atoms with van der Waals surface area (Å²) < 4.78 is 0. The fourth-order valence-electron chi connectivity index (χ4n) is 1.30. The van der Waals surface area contributed by atoms with Gasteiger partial charge in [0.15, 0.2) is 0 Å². The van der Waals surface area contributed by atoms with Crippen LogP contribution in [-0.4, -0.2) is 11.3 Å². The summed E-state index contributed by atoms with van der Waals surface area (Å²) in [6.45, 7) is 3.80. The number of hydrogen-bond donors (Lipinski definition) is 1. The minimum atomic E-state index is 0.0356. The van der Waals surface area contributed by atoms with Gasteiger partial charge in [-0.2, -0.15) is 0 Å². The Hall–Kier alpha value is -1.02. The Bertz CT molecular complexity index is 319. The van der Waals surface area contributed by atoms with Crippen molar-refractivity contribution in [2.24, 2.45) is 0 Å². The Kier molecular flexibility index (Phi) is 4.63. The third-order valence-electron chi connectivity index (χ3n) is 2.08. The van der Waals surface area contributed by atoms with E-state index in [9.17, 15) is 4.79 Å². The van der Waals surface area contributed by atoms with Crippen molar-refractivity contribution in [3.8, 4) is 0 Å². The molecule has 0 bridgehead atoms. The second-order valence-electron chi connectivity index (χ2n) is 3.58. The lowest BCUT2D eigenvalue weighted by atomic mass is 10.1. The largest absolute Gasteiger partial charge is 0.326 e. The number of carbonyl (C=O) groups is 1. The van der Waals surface area contributed by atoms with Gasteiger partial charge in [0.1, 0.15) is 0 Å². The van der Waals surface area contributed by atoms with Crippen molar-refractivity contribution < 1.29 is 4.79 Å². The molecule has 1 unspecified atom stereocenters. The van der Waals surface area contributed by atoms with Gasteiger partial charge in [0.05, 0.1) is 0 Å². The van der Waals surface area contributed by atoms with Gasteiger partial charge in [0, 0.05) is 17.5 Å². The maximum Gasteiger partial charge on any atom is 0.224 e. The van der Waals surface area contributed by atoms with Crippen molar-refractivity contribution in [2.75, 3.05) is 5.32 Å². The molecule has 0 fully saturated rings. The van der Waals surface area contributed by atoms with Gasteiger partial charge in [-0.05, 0) is 31.0 Å². The van der Waals surface area contributed by atoms with Crippen LogP contribution in [0, 0.1) is 0 Å². The molecular formula is C12H16ClNO. The highest BCUT2D eigenvalue weighted by Gasteiger charge is 2.01. The van der Waals surface area contributed by atoms with Gasteiger partial charge in [-0.15, -0.1) is 11.6 Å². The van der Waals surface area contributed by atoms with Crippen molar-refractivity contribution in [1.82, 2.24) is 0 Å². The van der Waals surface area contributed by atoms with Crippen LogP contribution in [-0.2, 0) is 11.2 Å². The summed E-state index contributed by atoms with van der Waals surface area (Å²) in [7, 11) is 0. The van der Waals surface area contributed by atoms with Crippen LogP contribution in [0.4, 0.5) is 5.69 Å². The van der Waals surface area contributed by atoms with E-state index in [1.54, 1.807) is 0 Å². The van der Waals surface area contributed by atoms with E-state index in [0.29, 0.717) is 6.42 Å². The molecule has 1 aromatic carbocycles. The minimum absolute atomic E-state index is 0.0356. The zero-order valence-corrected chi connectivity index (χ0v) is 9.84. The van der Waals surface area contributed by atoms with Crippen LogP contribution in [0.5, 0.6) is 0 Å². The number of carbonyl (C=O) groups excluding carboxylic acids is 1. The molecule has 15 heavy (non-hydrogen) atoms. The van der Waals surface area contributed by atoms with Gasteiger partial charge in [-0.3, -0.25) is 4.79 Å². The van der Waals surface area contributed by atoms with E-state index in [1.165, 1.54) is 5.56 Å². The quantitative estimate of drug-likeness (QED) is 0.784. The molecule has 0 spiro atoms. The standard InChI is InChI=1S/C12H16ClNO/c1-3-12(15)14-11-6-4-10(5-7-11)8-9(2)13/h4-7,9H,3,8H2,1-2H3,(H,14,15). The molecule has 1 aromatic rings. The van der Waals surface area contributed by atoms with Gasteiger partial charge in [-0.25, -0.2) is 0 Å². The lowest BCUT2D eigenvalue weighted by Gasteiger charge is -2.06.